The Morgan fingerprint density at radius 3 is 2.94 bits per heavy atom. The van der Waals surface area contributed by atoms with E-state index in [2.05, 4.69) is 30.2 Å². The molecular weight excluding hydrogens is 260 g/mol. The zero-order chi connectivity index (χ0) is 11.5. The molecule has 2 atom stereocenters. The lowest BCUT2D eigenvalue weighted by molar-refractivity contribution is 0.660. The molecule has 0 spiro atoms. The van der Waals surface area contributed by atoms with Crippen molar-refractivity contribution in [2.75, 3.05) is 12.3 Å². The number of thiophene rings is 1. The van der Waals surface area contributed by atoms with Crippen LogP contribution in [0.2, 0.25) is 4.34 Å². The highest BCUT2D eigenvalue weighted by Gasteiger charge is 2.15. The van der Waals surface area contributed by atoms with Gasteiger partial charge in [-0.3, -0.25) is 4.99 Å². The Hall–Kier alpha value is -0.190. The third-order valence-electron chi connectivity index (χ3n) is 2.41. The summed E-state index contributed by atoms with van der Waals surface area (Å²) in [5.74, 6) is 1.85. The topological polar surface area (TPSA) is 24.4 Å². The highest BCUT2D eigenvalue weighted by molar-refractivity contribution is 8.13. The van der Waals surface area contributed by atoms with Crippen LogP contribution in [-0.2, 0) is 0 Å². The Labute approximate surface area is 109 Å². The first-order chi connectivity index (χ1) is 7.65. The molecule has 0 amide bonds. The number of halogens is 1. The molecule has 5 heteroatoms. The number of aliphatic imine (C=N–C) groups is 1. The second kappa shape index (κ2) is 5.43. The minimum Gasteiger partial charge on any atom is -0.358 e. The van der Waals surface area contributed by atoms with Crippen molar-refractivity contribution < 1.29 is 0 Å². The van der Waals surface area contributed by atoms with Gasteiger partial charge in [-0.25, -0.2) is 0 Å². The molecule has 0 radical (unpaired) electrons. The molecule has 2 heterocycles. The van der Waals surface area contributed by atoms with Crippen molar-refractivity contribution in [3.63, 3.8) is 0 Å². The van der Waals surface area contributed by atoms with Gasteiger partial charge in [-0.15, -0.1) is 11.3 Å². The maximum Gasteiger partial charge on any atom is 0.157 e. The van der Waals surface area contributed by atoms with Crippen LogP contribution in [0.1, 0.15) is 24.8 Å². The second-order valence-electron chi connectivity index (χ2n) is 4.07. The molecule has 0 bridgehead atoms. The van der Waals surface area contributed by atoms with E-state index >= 15 is 0 Å². The van der Waals surface area contributed by atoms with Gasteiger partial charge in [0.25, 0.3) is 0 Å². The molecule has 2 nitrogen and oxygen atoms in total. The van der Waals surface area contributed by atoms with E-state index in [1.807, 2.05) is 17.8 Å². The zero-order valence-electron chi connectivity index (χ0n) is 9.37. The molecule has 0 saturated heterocycles. The fourth-order valence-electron chi connectivity index (χ4n) is 1.46. The Balaban J connectivity index is 1.95. The van der Waals surface area contributed by atoms with E-state index in [1.54, 1.807) is 11.3 Å². The largest absolute Gasteiger partial charge is 0.358 e. The highest BCUT2D eigenvalue weighted by atomic mass is 35.5. The van der Waals surface area contributed by atoms with Crippen LogP contribution in [0.4, 0.5) is 0 Å². The first kappa shape index (κ1) is 12.3. The monoisotopic (exact) mass is 274 g/mol. The Bertz CT molecular complexity index is 389. The predicted octanol–water partition coefficient (Wildman–Crippen LogP) is 3.79. The summed E-state index contributed by atoms with van der Waals surface area (Å²) in [6.45, 7) is 5.31. The molecule has 0 aromatic carbocycles. The maximum absolute atomic E-state index is 5.92. The average molecular weight is 275 g/mol. The summed E-state index contributed by atoms with van der Waals surface area (Å²) in [5.41, 5.74) is 0. The first-order valence-corrected chi connectivity index (χ1v) is 7.52. The fourth-order valence-corrected chi connectivity index (χ4v) is 3.50. The van der Waals surface area contributed by atoms with Crippen LogP contribution in [0.3, 0.4) is 0 Å². The van der Waals surface area contributed by atoms with Crippen LogP contribution in [0.5, 0.6) is 0 Å². The lowest BCUT2D eigenvalue weighted by atomic mass is 10.2. The van der Waals surface area contributed by atoms with Gasteiger partial charge >= 0.3 is 0 Å². The molecule has 0 saturated carbocycles. The number of rotatable bonds is 2. The van der Waals surface area contributed by atoms with Crippen molar-refractivity contribution in [1.82, 2.24) is 5.32 Å². The SMILES string of the molecule is CC1CN=C(NC(C)c2ccc(Cl)s2)SC1. The Morgan fingerprint density at radius 2 is 2.38 bits per heavy atom. The van der Waals surface area contributed by atoms with Gasteiger partial charge in [0.1, 0.15) is 0 Å². The van der Waals surface area contributed by atoms with Gasteiger partial charge in [-0.2, -0.15) is 0 Å². The molecule has 0 aliphatic carbocycles. The number of amidine groups is 1. The van der Waals surface area contributed by atoms with Crippen molar-refractivity contribution in [2.45, 2.75) is 19.9 Å². The molecule has 1 aliphatic rings. The van der Waals surface area contributed by atoms with E-state index in [0.717, 1.165) is 21.8 Å². The van der Waals surface area contributed by atoms with E-state index in [4.69, 9.17) is 11.6 Å². The van der Waals surface area contributed by atoms with Gasteiger partial charge in [0.05, 0.1) is 10.4 Å². The lowest BCUT2D eigenvalue weighted by Crippen LogP contribution is -2.28. The fraction of sp³-hybridized carbons (Fsp3) is 0.545. The minimum absolute atomic E-state index is 0.289. The van der Waals surface area contributed by atoms with Crippen molar-refractivity contribution in [3.8, 4) is 0 Å². The normalized spacial score (nSPS) is 22.7. The Kier molecular flexibility index (Phi) is 4.16. The van der Waals surface area contributed by atoms with Crippen LogP contribution in [0, 0.1) is 5.92 Å². The summed E-state index contributed by atoms with van der Waals surface area (Å²) >= 11 is 9.36. The van der Waals surface area contributed by atoms with E-state index < -0.39 is 0 Å². The lowest BCUT2D eigenvalue weighted by Gasteiger charge is -2.20. The standard InChI is InChI=1S/C11H15ClN2S2/c1-7-5-13-11(15-6-7)14-8(2)9-3-4-10(12)16-9/h3-4,7-8H,5-6H2,1-2H3,(H,13,14). The van der Waals surface area contributed by atoms with Gasteiger partial charge in [0.2, 0.25) is 0 Å². The molecule has 16 heavy (non-hydrogen) atoms. The van der Waals surface area contributed by atoms with Gasteiger partial charge < -0.3 is 5.32 Å². The van der Waals surface area contributed by atoms with E-state index in [1.165, 1.54) is 4.88 Å². The Morgan fingerprint density at radius 1 is 1.56 bits per heavy atom. The zero-order valence-corrected chi connectivity index (χ0v) is 11.8. The van der Waals surface area contributed by atoms with Crippen molar-refractivity contribution in [2.24, 2.45) is 10.9 Å². The summed E-state index contributed by atoms with van der Waals surface area (Å²) in [4.78, 5) is 5.78. The predicted molar refractivity (Wildman–Crippen MR) is 74.8 cm³/mol. The quantitative estimate of drug-likeness (QED) is 0.887. The summed E-state index contributed by atoms with van der Waals surface area (Å²) in [6, 6.07) is 4.30. The molecule has 88 valence electrons. The second-order valence-corrected chi connectivity index (χ2v) is 6.83. The number of nitrogens with zero attached hydrogens (tertiary/aromatic N) is 1. The number of nitrogens with one attached hydrogen (secondary N) is 1. The molecule has 1 N–H and O–H groups in total. The van der Waals surface area contributed by atoms with Crippen molar-refractivity contribution >= 4 is 39.9 Å². The molecule has 1 aromatic heterocycles. The number of hydrogen-bond acceptors (Lipinski definition) is 4. The molecule has 0 fully saturated rings. The summed E-state index contributed by atoms with van der Waals surface area (Å²) in [6.07, 6.45) is 0. The summed E-state index contributed by atoms with van der Waals surface area (Å²) < 4.78 is 0.843. The van der Waals surface area contributed by atoms with Crippen molar-refractivity contribution in [3.05, 3.63) is 21.3 Å². The van der Waals surface area contributed by atoms with Crippen LogP contribution in [0.25, 0.3) is 0 Å². The van der Waals surface area contributed by atoms with Gasteiger partial charge in [-0.1, -0.05) is 30.3 Å². The third kappa shape index (κ3) is 3.15. The highest BCUT2D eigenvalue weighted by Crippen LogP contribution is 2.27. The van der Waals surface area contributed by atoms with E-state index in [0.29, 0.717) is 5.92 Å². The van der Waals surface area contributed by atoms with Gasteiger partial charge in [0, 0.05) is 17.2 Å². The summed E-state index contributed by atoms with van der Waals surface area (Å²) in [7, 11) is 0. The van der Waals surface area contributed by atoms with Crippen molar-refractivity contribution in [1.29, 1.82) is 0 Å². The first-order valence-electron chi connectivity index (χ1n) is 5.34. The molecule has 2 rings (SSSR count). The summed E-state index contributed by atoms with van der Waals surface area (Å²) in [5, 5.41) is 4.50. The van der Waals surface area contributed by atoms with Crippen LogP contribution >= 0.6 is 34.7 Å². The molecular formula is C11H15ClN2S2. The van der Waals surface area contributed by atoms with Crippen LogP contribution in [0.15, 0.2) is 17.1 Å². The van der Waals surface area contributed by atoms with Crippen LogP contribution in [-0.4, -0.2) is 17.5 Å². The van der Waals surface area contributed by atoms with Gasteiger partial charge in [0.15, 0.2) is 5.17 Å². The number of hydrogen-bond donors (Lipinski definition) is 1. The minimum atomic E-state index is 0.289. The molecule has 1 aliphatic heterocycles. The van der Waals surface area contributed by atoms with E-state index in [9.17, 15) is 0 Å². The maximum atomic E-state index is 5.92. The van der Waals surface area contributed by atoms with Gasteiger partial charge in [-0.05, 0) is 25.0 Å². The molecule has 2 unspecified atom stereocenters. The average Bonchev–Trinajstić information content (AvgIpc) is 2.68. The number of thioether (sulfide) groups is 1. The van der Waals surface area contributed by atoms with E-state index in [-0.39, 0.29) is 6.04 Å². The smallest absolute Gasteiger partial charge is 0.157 e. The van der Waals surface area contributed by atoms with Crippen LogP contribution < -0.4 is 5.32 Å². The third-order valence-corrected chi connectivity index (χ3v) is 5.08. The molecule has 1 aromatic rings.